The largest absolute Gasteiger partial charge is 0.484 e. The Labute approximate surface area is 216 Å². The smallest absolute Gasteiger partial charge is 0.261 e. The maximum absolute atomic E-state index is 13.6. The van der Waals surface area contributed by atoms with E-state index in [1.165, 1.54) is 0 Å². The first-order chi connectivity index (χ1) is 17.0. The molecule has 0 radical (unpaired) electrons. The van der Waals surface area contributed by atoms with Crippen molar-refractivity contribution < 1.29 is 14.3 Å². The maximum atomic E-state index is 13.6. The van der Waals surface area contributed by atoms with Gasteiger partial charge in [-0.2, -0.15) is 0 Å². The lowest BCUT2D eigenvalue weighted by molar-refractivity contribution is -0.142. The van der Waals surface area contributed by atoms with E-state index in [1.807, 2.05) is 85.8 Å². The Hall–Kier alpha value is -3.12. The van der Waals surface area contributed by atoms with Crippen molar-refractivity contribution in [1.29, 1.82) is 0 Å². The van der Waals surface area contributed by atoms with E-state index >= 15 is 0 Å². The summed E-state index contributed by atoms with van der Waals surface area (Å²) in [6, 6.07) is 24.5. The standard InChI is InChI=1S/C29H33BrN2O3/c1-3-4-17-31-29(34)26(19-23-12-6-5-7-13-23)32(20-24-14-10-15-25(30)18-24)28(33)21-35-27-16-9-8-11-22(27)2/h5-16,18,26H,3-4,17,19-21H2,1-2H3,(H,31,34). The van der Waals surface area contributed by atoms with Gasteiger partial charge in [-0.1, -0.05) is 89.9 Å². The minimum Gasteiger partial charge on any atom is -0.484 e. The number of nitrogens with zero attached hydrogens (tertiary/aromatic N) is 1. The van der Waals surface area contributed by atoms with Crippen LogP contribution in [0.2, 0.25) is 0 Å². The fourth-order valence-corrected chi connectivity index (χ4v) is 4.28. The highest BCUT2D eigenvalue weighted by Gasteiger charge is 2.30. The highest BCUT2D eigenvalue weighted by molar-refractivity contribution is 9.10. The molecule has 1 N–H and O–H groups in total. The molecule has 0 heterocycles. The lowest BCUT2D eigenvalue weighted by Gasteiger charge is -2.31. The Morgan fingerprint density at radius 2 is 1.69 bits per heavy atom. The predicted octanol–water partition coefficient (Wildman–Crippen LogP) is 5.69. The van der Waals surface area contributed by atoms with E-state index in [1.54, 1.807) is 4.90 Å². The normalized spacial score (nSPS) is 11.5. The average molecular weight is 537 g/mol. The number of benzene rings is 3. The molecular formula is C29H33BrN2O3. The molecule has 3 rings (SSSR count). The molecule has 35 heavy (non-hydrogen) atoms. The fourth-order valence-electron chi connectivity index (χ4n) is 3.83. The zero-order valence-corrected chi connectivity index (χ0v) is 22.0. The van der Waals surface area contributed by atoms with E-state index in [-0.39, 0.29) is 18.4 Å². The number of carbonyl (C=O) groups excluding carboxylic acids is 2. The van der Waals surface area contributed by atoms with E-state index in [0.29, 0.717) is 25.3 Å². The molecular weight excluding hydrogens is 504 g/mol. The highest BCUT2D eigenvalue weighted by Crippen LogP contribution is 2.20. The monoisotopic (exact) mass is 536 g/mol. The molecule has 0 bridgehead atoms. The van der Waals surface area contributed by atoms with Gasteiger partial charge in [0.2, 0.25) is 5.91 Å². The number of ether oxygens (including phenoxy) is 1. The lowest BCUT2D eigenvalue weighted by Crippen LogP contribution is -2.51. The molecule has 5 nitrogen and oxygen atoms in total. The summed E-state index contributed by atoms with van der Waals surface area (Å²) < 4.78 is 6.81. The van der Waals surface area contributed by atoms with Crippen LogP contribution < -0.4 is 10.1 Å². The van der Waals surface area contributed by atoms with Crippen molar-refractivity contribution in [1.82, 2.24) is 10.2 Å². The quantitative estimate of drug-likeness (QED) is 0.302. The number of nitrogens with one attached hydrogen (secondary N) is 1. The average Bonchev–Trinajstić information content (AvgIpc) is 2.86. The van der Waals surface area contributed by atoms with Crippen LogP contribution in [0.15, 0.2) is 83.3 Å². The van der Waals surface area contributed by atoms with Crippen LogP contribution in [0.25, 0.3) is 0 Å². The van der Waals surface area contributed by atoms with Crippen LogP contribution in [0.1, 0.15) is 36.5 Å². The topological polar surface area (TPSA) is 58.6 Å². The van der Waals surface area contributed by atoms with Crippen molar-refractivity contribution >= 4 is 27.7 Å². The molecule has 1 atom stereocenters. The minimum absolute atomic E-state index is 0.146. The highest BCUT2D eigenvalue weighted by atomic mass is 79.9. The Kier molecular flexibility index (Phi) is 10.4. The number of halogens is 1. The predicted molar refractivity (Wildman–Crippen MR) is 143 cm³/mol. The molecule has 2 amide bonds. The molecule has 0 fully saturated rings. The fraction of sp³-hybridized carbons (Fsp3) is 0.310. The van der Waals surface area contributed by atoms with Gasteiger partial charge in [-0.25, -0.2) is 0 Å². The van der Waals surface area contributed by atoms with Crippen molar-refractivity contribution in [3.05, 3.63) is 100 Å². The van der Waals surface area contributed by atoms with E-state index in [2.05, 4.69) is 28.2 Å². The summed E-state index contributed by atoms with van der Waals surface area (Å²) in [4.78, 5) is 28.6. The van der Waals surface area contributed by atoms with E-state index < -0.39 is 6.04 Å². The number of hydrogen-bond donors (Lipinski definition) is 1. The second-order valence-corrected chi connectivity index (χ2v) is 9.47. The molecule has 184 valence electrons. The first-order valence-corrected chi connectivity index (χ1v) is 12.8. The van der Waals surface area contributed by atoms with Crippen LogP contribution in [0, 0.1) is 6.92 Å². The lowest BCUT2D eigenvalue weighted by atomic mass is 10.0. The summed E-state index contributed by atoms with van der Waals surface area (Å²) in [7, 11) is 0. The molecule has 0 saturated heterocycles. The second-order valence-electron chi connectivity index (χ2n) is 8.56. The summed E-state index contributed by atoms with van der Waals surface area (Å²) in [6.45, 7) is 4.76. The summed E-state index contributed by atoms with van der Waals surface area (Å²) in [5, 5.41) is 3.04. The number of unbranched alkanes of at least 4 members (excludes halogenated alkanes) is 1. The summed E-state index contributed by atoms with van der Waals surface area (Å²) in [6.07, 6.45) is 2.29. The molecule has 0 aromatic heterocycles. The minimum atomic E-state index is -0.666. The van der Waals surface area contributed by atoms with Gasteiger partial charge in [0.15, 0.2) is 6.61 Å². The number of aryl methyl sites for hydroxylation is 1. The number of hydrogen-bond acceptors (Lipinski definition) is 3. The van der Waals surface area contributed by atoms with Crippen molar-refractivity contribution in [2.24, 2.45) is 0 Å². The second kappa shape index (κ2) is 13.7. The van der Waals surface area contributed by atoms with Crippen LogP contribution in [-0.4, -0.2) is 35.9 Å². The Bertz CT molecular complexity index is 1100. The zero-order valence-electron chi connectivity index (χ0n) is 20.4. The summed E-state index contributed by atoms with van der Waals surface area (Å²) in [5.41, 5.74) is 2.88. The maximum Gasteiger partial charge on any atom is 0.261 e. The number of amides is 2. The number of para-hydroxylation sites is 1. The Balaban J connectivity index is 1.89. The zero-order chi connectivity index (χ0) is 25.0. The summed E-state index contributed by atoms with van der Waals surface area (Å²) in [5.74, 6) is 0.275. The Morgan fingerprint density at radius 1 is 0.971 bits per heavy atom. The molecule has 1 unspecified atom stereocenters. The van der Waals surface area contributed by atoms with Gasteiger partial charge in [-0.15, -0.1) is 0 Å². The Morgan fingerprint density at radius 3 is 2.40 bits per heavy atom. The van der Waals surface area contributed by atoms with E-state index in [9.17, 15) is 9.59 Å². The molecule has 0 spiro atoms. The third-order valence-electron chi connectivity index (χ3n) is 5.79. The van der Waals surface area contributed by atoms with Gasteiger partial charge in [0.05, 0.1) is 0 Å². The first kappa shape index (κ1) is 26.5. The van der Waals surface area contributed by atoms with Crippen LogP contribution in [0.5, 0.6) is 5.75 Å². The molecule has 6 heteroatoms. The van der Waals surface area contributed by atoms with Gasteiger partial charge in [-0.05, 0) is 48.2 Å². The van der Waals surface area contributed by atoms with Gasteiger partial charge in [-0.3, -0.25) is 9.59 Å². The van der Waals surface area contributed by atoms with Gasteiger partial charge in [0.25, 0.3) is 5.91 Å². The number of carbonyl (C=O) groups is 2. The number of rotatable bonds is 12. The van der Waals surface area contributed by atoms with Gasteiger partial charge >= 0.3 is 0 Å². The van der Waals surface area contributed by atoms with Crippen LogP contribution in [-0.2, 0) is 22.6 Å². The van der Waals surface area contributed by atoms with Gasteiger partial charge in [0.1, 0.15) is 11.8 Å². The molecule has 0 saturated carbocycles. The third-order valence-corrected chi connectivity index (χ3v) is 6.28. The van der Waals surface area contributed by atoms with Crippen molar-refractivity contribution in [2.75, 3.05) is 13.2 Å². The van der Waals surface area contributed by atoms with E-state index in [4.69, 9.17) is 4.74 Å². The van der Waals surface area contributed by atoms with Gasteiger partial charge in [0, 0.05) is 24.0 Å². The molecule has 0 aliphatic heterocycles. The first-order valence-electron chi connectivity index (χ1n) is 12.0. The van der Waals surface area contributed by atoms with Crippen LogP contribution in [0.4, 0.5) is 0 Å². The summed E-state index contributed by atoms with van der Waals surface area (Å²) >= 11 is 3.51. The van der Waals surface area contributed by atoms with Crippen LogP contribution >= 0.6 is 15.9 Å². The molecule has 0 aliphatic carbocycles. The molecule has 3 aromatic carbocycles. The molecule has 3 aromatic rings. The molecule has 0 aliphatic rings. The van der Waals surface area contributed by atoms with Crippen molar-refractivity contribution in [3.8, 4) is 5.75 Å². The van der Waals surface area contributed by atoms with Gasteiger partial charge < -0.3 is 15.0 Å². The van der Waals surface area contributed by atoms with Crippen molar-refractivity contribution in [2.45, 2.75) is 45.7 Å². The van der Waals surface area contributed by atoms with Crippen LogP contribution in [0.3, 0.4) is 0 Å². The van der Waals surface area contributed by atoms with Crippen molar-refractivity contribution in [3.63, 3.8) is 0 Å². The van der Waals surface area contributed by atoms with E-state index in [0.717, 1.165) is 34.0 Å². The SMILES string of the molecule is CCCCNC(=O)C(Cc1ccccc1)N(Cc1cccc(Br)c1)C(=O)COc1ccccc1C. The third kappa shape index (κ3) is 8.25.